The molecule has 2 heterocycles. The van der Waals surface area contributed by atoms with Crippen LogP contribution in [0.4, 0.5) is 13.2 Å². The number of carbonyl (C=O) groups is 1. The lowest BCUT2D eigenvalue weighted by atomic mass is 10.0. The van der Waals surface area contributed by atoms with E-state index in [-0.39, 0.29) is 6.10 Å². The molecule has 168 valence electrons. The Morgan fingerprint density at radius 1 is 1.23 bits per heavy atom. The summed E-state index contributed by atoms with van der Waals surface area (Å²) in [6.45, 7) is 5.06. The minimum Gasteiger partial charge on any atom is -0.462 e. The number of rotatable bonds is 10. The van der Waals surface area contributed by atoms with Crippen molar-refractivity contribution in [2.75, 3.05) is 46.4 Å². The molecule has 0 saturated carbocycles. The van der Waals surface area contributed by atoms with Gasteiger partial charge in [0.1, 0.15) is 11.9 Å². The van der Waals surface area contributed by atoms with Crippen LogP contribution in [0.1, 0.15) is 17.6 Å². The molecule has 1 saturated heterocycles. The predicted octanol–water partition coefficient (Wildman–Crippen LogP) is 3.13. The van der Waals surface area contributed by atoms with Crippen LogP contribution in [0.3, 0.4) is 0 Å². The van der Waals surface area contributed by atoms with Crippen molar-refractivity contribution < 1.29 is 27.4 Å². The van der Waals surface area contributed by atoms with Crippen LogP contribution in [-0.2, 0) is 20.8 Å². The highest BCUT2D eigenvalue weighted by atomic mass is 19.3. The Bertz CT molecular complexity index is 863. The average Bonchev–Trinajstić information content (AvgIpc) is 2.75. The lowest BCUT2D eigenvalue weighted by Gasteiger charge is -2.31. The van der Waals surface area contributed by atoms with Gasteiger partial charge in [-0.1, -0.05) is 6.07 Å². The van der Waals surface area contributed by atoms with Gasteiger partial charge in [-0.15, -0.1) is 0 Å². The first-order chi connectivity index (χ1) is 15.0. The van der Waals surface area contributed by atoms with Crippen LogP contribution in [0.25, 0.3) is 11.1 Å². The summed E-state index contributed by atoms with van der Waals surface area (Å²) in [5, 5.41) is 0. The third-order valence-corrected chi connectivity index (χ3v) is 5.14. The van der Waals surface area contributed by atoms with E-state index in [1.54, 1.807) is 12.4 Å². The van der Waals surface area contributed by atoms with Crippen molar-refractivity contribution >= 4 is 6.47 Å². The van der Waals surface area contributed by atoms with Crippen LogP contribution in [-0.4, -0.2) is 73.8 Å². The highest BCUT2D eigenvalue weighted by Gasteiger charge is 2.20. The third kappa shape index (κ3) is 6.75. The van der Waals surface area contributed by atoms with E-state index in [2.05, 4.69) is 9.88 Å². The molecule has 1 aromatic heterocycles. The summed E-state index contributed by atoms with van der Waals surface area (Å²) >= 11 is 0. The molecule has 0 unspecified atom stereocenters. The summed E-state index contributed by atoms with van der Waals surface area (Å²) in [6.07, 6.45) is 0.0727. The lowest BCUT2D eigenvalue weighted by Crippen LogP contribution is -2.44. The molecular weight excluding hydrogens is 411 g/mol. The van der Waals surface area contributed by atoms with Crippen molar-refractivity contribution in [2.45, 2.75) is 19.1 Å². The van der Waals surface area contributed by atoms with Gasteiger partial charge >= 0.3 is 0 Å². The first-order valence-electron chi connectivity index (χ1n) is 10.1. The number of pyridine rings is 1. The number of benzene rings is 1. The number of halogens is 3. The number of likely N-dealkylation sites (N-methyl/N-ethyl adjacent to an activating group) is 1. The van der Waals surface area contributed by atoms with Gasteiger partial charge in [-0.3, -0.25) is 19.6 Å². The van der Waals surface area contributed by atoms with Gasteiger partial charge in [-0.25, -0.2) is 13.2 Å². The van der Waals surface area contributed by atoms with E-state index in [0.29, 0.717) is 50.4 Å². The first-order valence-corrected chi connectivity index (χ1v) is 10.1. The molecule has 0 aliphatic carbocycles. The molecule has 0 radical (unpaired) electrons. The zero-order valence-corrected chi connectivity index (χ0v) is 17.3. The highest BCUT2D eigenvalue weighted by Crippen LogP contribution is 2.28. The molecule has 1 aromatic carbocycles. The number of carbonyl (C=O) groups excluding carboxylic acids is 1. The van der Waals surface area contributed by atoms with Crippen molar-refractivity contribution in [2.24, 2.45) is 0 Å². The normalized spacial score (nSPS) is 15.9. The summed E-state index contributed by atoms with van der Waals surface area (Å²) in [5.41, 5.74) is 1.33. The number of morpholine rings is 1. The summed E-state index contributed by atoms with van der Waals surface area (Å²) in [5.74, 6) is -0.927. The van der Waals surface area contributed by atoms with Crippen LogP contribution in [0, 0.1) is 5.82 Å². The van der Waals surface area contributed by atoms with Crippen LogP contribution in [0.5, 0.6) is 0 Å². The maximum atomic E-state index is 13.6. The van der Waals surface area contributed by atoms with Crippen molar-refractivity contribution in [1.82, 2.24) is 14.8 Å². The van der Waals surface area contributed by atoms with E-state index in [4.69, 9.17) is 9.47 Å². The minimum absolute atomic E-state index is 0.289. The molecule has 3 rings (SSSR count). The zero-order chi connectivity index (χ0) is 22.2. The highest BCUT2D eigenvalue weighted by molar-refractivity contribution is 5.64. The van der Waals surface area contributed by atoms with Gasteiger partial charge < -0.3 is 9.47 Å². The number of hydrogen-bond acceptors (Lipinski definition) is 6. The fourth-order valence-electron chi connectivity index (χ4n) is 3.64. The fraction of sp³-hybridized carbons (Fsp3) is 0.455. The maximum Gasteiger partial charge on any atom is 0.293 e. The fourth-order valence-corrected chi connectivity index (χ4v) is 3.64. The molecule has 0 spiro atoms. The SMILES string of the molecule is CN(Cc1cncc(-c2ccc(F)c(C(F)F)c2)c1)C[C@@H](CN1CCOCC1)OC=O. The smallest absolute Gasteiger partial charge is 0.293 e. The van der Waals surface area contributed by atoms with Crippen molar-refractivity contribution in [3.63, 3.8) is 0 Å². The van der Waals surface area contributed by atoms with Gasteiger partial charge in [0, 0.05) is 50.7 Å². The topological polar surface area (TPSA) is 54.9 Å². The molecule has 6 nitrogen and oxygen atoms in total. The van der Waals surface area contributed by atoms with E-state index in [9.17, 15) is 18.0 Å². The molecule has 1 fully saturated rings. The summed E-state index contributed by atoms with van der Waals surface area (Å²) < 4.78 is 50.2. The number of ether oxygens (including phenoxy) is 2. The van der Waals surface area contributed by atoms with Crippen LogP contribution >= 0.6 is 0 Å². The molecule has 1 atom stereocenters. The van der Waals surface area contributed by atoms with Gasteiger partial charge in [-0.05, 0) is 36.4 Å². The molecule has 31 heavy (non-hydrogen) atoms. The van der Waals surface area contributed by atoms with Gasteiger partial charge in [0.2, 0.25) is 0 Å². The van der Waals surface area contributed by atoms with Gasteiger partial charge in [0.25, 0.3) is 12.9 Å². The molecule has 1 aliphatic rings. The maximum absolute atomic E-state index is 13.6. The second-order valence-electron chi connectivity index (χ2n) is 7.58. The van der Waals surface area contributed by atoms with Crippen molar-refractivity contribution in [3.05, 3.63) is 53.6 Å². The Kier molecular flexibility index (Phi) is 8.39. The zero-order valence-electron chi connectivity index (χ0n) is 17.3. The van der Waals surface area contributed by atoms with Crippen molar-refractivity contribution in [1.29, 1.82) is 0 Å². The first kappa shape index (κ1) is 23.2. The molecule has 1 aliphatic heterocycles. The Labute approximate surface area is 179 Å². The number of hydrogen-bond donors (Lipinski definition) is 0. The van der Waals surface area contributed by atoms with E-state index in [1.165, 1.54) is 6.07 Å². The molecule has 0 N–H and O–H groups in total. The molecule has 2 aromatic rings. The summed E-state index contributed by atoms with van der Waals surface area (Å²) in [4.78, 5) is 19.3. The average molecular weight is 437 g/mol. The largest absolute Gasteiger partial charge is 0.462 e. The Morgan fingerprint density at radius 2 is 2.00 bits per heavy atom. The lowest BCUT2D eigenvalue weighted by molar-refractivity contribution is -0.135. The van der Waals surface area contributed by atoms with E-state index in [1.807, 2.05) is 18.0 Å². The number of aromatic nitrogens is 1. The Morgan fingerprint density at radius 3 is 2.71 bits per heavy atom. The van der Waals surface area contributed by atoms with Crippen molar-refractivity contribution in [3.8, 4) is 11.1 Å². The monoisotopic (exact) mass is 437 g/mol. The molecule has 9 heteroatoms. The second-order valence-corrected chi connectivity index (χ2v) is 7.58. The van der Waals surface area contributed by atoms with E-state index >= 15 is 0 Å². The van der Waals surface area contributed by atoms with E-state index in [0.717, 1.165) is 30.8 Å². The van der Waals surface area contributed by atoms with Crippen LogP contribution < -0.4 is 0 Å². The van der Waals surface area contributed by atoms with Crippen LogP contribution in [0.2, 0.25) is 0 Å². The Hall–Kier alpha value is -2.49. The van der Waals surface area contributed by atoms with E-state index < -0.39 is 17.8 Å². The second kappa shape index (κ2) is 11.2. The predicted molar refractivity (Wildman–Crippen MR) is 109 cm³/mol. The third-order valence-electron chi connectivity index (χ3n) is 5.14. The van der Waals surface area contributed by atoms with Gasteiger partial charge in [0.15, 0.2) is 0 Å². The quantitative estimate of drug-likeness (QED) is 0.533. The molecular formula is C22H26F3N3O3. The van der Waals surface area contributed by atoms with Gasteiger partial charge in [0.05, 0.1) is 18.8 Å². The number of nitrogens with zero attached hydrogens (tertiary/aromatic N) is 3. The number of alkyl halides is 2. The molecule has 0 amide bonds. The standard InChI is InChI=1S/C22H26F3N3O3/c1-27(13-19(31-15-29)14-28-4-6-30-7-5-28)12-16-8-18(11-26-10-16)17-2-3-21(23)20(9-17)22(24)25/h2-3,8-11,15,19,22H,4-7,12-14H2,1H3/t19-/m0/s1. The molecule has 0 bridgehead atoms. The Balaban J connectivity index is 1.65. The summed E-state index contributed by atoms with van der Waals surface area (Å²) in [6, 6.07) is 5.50. The minimum atomic E-state index is -2.89. The van der Waals surface area contributed by atoms with Crippen LogP contribution in [0.15, 0.2) is 36.7 Å². The van der Waals surface area contributed by atoms with Gasteiger partial charge in [-0.2, -0.15) is 0 Å². The summed E-state index contributed by atoms with van der Waals surface area (Å²) in [7, 11) is 1.90.